The van der Waals surface area contributed by atoms with Crippen LogP contribution in [0.5, 0.6) is 5.75 Å². The van der Waals surface area contributed by atoms with E-state index in [1.165, 1.54) is 17.0 Å². The SMILES string of the molecule is C/C=N\C(=NC)NC(c1cccc([N+](=O)[O-])c1)c1ccccc1OC(=O)N(C)C.CC. The molecule has 0 radical (unpaired) electrons. The van der Waals surface area contributed by atoms with Crippen LogP contribution in [-0.2, 0) is 0 Å². The van der Waals surface area contributed by atoms with Crippen LogP contribution in [0.2, 0.25) is 0 Å². The van der Waals surface area contributed by atoms with Crippen LogP contribution in [0.25, 0.3) is 0 Å². The summed E-state index contributed by atoms with van der Waals surface area (Å²) in [5, 5.41) is 14.4. The van der Waals surface area contributed by atoms with Crippen LogP contribution < -0.4 is 10.1 Å². The van der Waals surface area contributed by atoms with Gasteiger partial charge in [0.25, 0.3) is 5.69 Å². The molecule has 0 saturated heterocycles. The monoisotopic (exact) mass is 427 g/mol. The zero-order valence-electron chi connectivity index (χ0n) is 18.7. The molecule has 1 N–H and O–H groups in total. The average molecular weight is 428 g/mol. The maximum Gasteiger partial charge on any atom is 0.414 e. The van der Waals surface area contributed by atoms with Crippen LogP contribution >= 0.6 is 0 Å². The fraction of sp³-hybridized carbons (Fsp3) is 0.318. The first kappa shape index (κ1) is 25.3. The van der Waals surface area contributed by atoms with Gasteiger partial charge in [-0.1, -0.05) is 44.2 Å². The number of non-ortho nitro benzene ring substituents is 1. The van der Waals surface area contributed by atoms with E-state index >= 15 is 0 Å². The molecule has 9 heteroatoms. The Balaban J connectivity index is 0.00000233. The van der Waals surface area contributed by atoms with Gasteiger partial charge in [0, 0.05) is 45.1 Å². The van der Waals surface area contributed by atoms with E-state index in [4.69, 9.17) is 4.74 Å². The van der Waals surface area contributed by atoms with Gasteiger partial charge < -0.3 is 15.0 Å². The first-order valence-corrected chi connectivity index (χ1v) is 9.81. The number of para-hydroxylation sites is 1. The lowest BCUT2D eigenvalue weighted by Gasteiger charge is -2.23. The van der Waals surface area contributed by atoms with Crippen molar-refractivity contribution >= 4 is 24.0 Å². The highest BCUT2D eigenvalue weighted by Crippen LogP contribution is 2.32. The minimum Gasteiger partial charge on any atom is -0.410 e. The van der Waals surface area contributed by atoms with Gasteiger partial charge in [0.1, 0.15) is 5.75 Å². The minimum absolute atomic E-state index is 0.0500. The second kappa shape index (κ2) is 12.7. The Labute approximate surface area is 182 Å². The van der Waals surface area contributed by atoms with E-state index in [1.54, 1.807) is 70.7 Å². The van der Waals surface area contributed by atoms with Crippen LogP contribution in [0, 0.1) is 10.1 Å². The van der Waals surface area contributed by atoms with Gasteiger partial charge in [0.15, 0.2) is 0 Å². The van der Waals surface area contributed by atoms with Crippen molar-refractivity contribution in [1.82, 2.24) is 10.2 Å². The number of amides is 1. The Kier molecular flexibility index (Phi) is 10.4. The first-order valence-electron chi connectivity index (χ1n) is 9.81. The molecule has 0 aliphatic carbocycles. The zero-order valence-corrected chi connectivity index (χ0v) is 18.7. The highest BCUT2D eigenvalue weighted by atomic mass is 16.6. The molecule has 1 atom stereocenters. The van der Waals surface area contributed by atoms with Crippen LogP contribution in [0.15, 0.2) is 58.5 Å². The summed E-state index contributed by atoms with van der Waals surface area (Å²) in [6.45, 7) is 5.75. The fourth-order valence-corrected chi connectivity index (χ4v) is 2.57. The third-order valence-corrected chi connectivity index (χ3v) is 3.94. The third kappa shape index (κ3) is 7.22. The van der Waals surface area contributed by atoms with E-state index in [0.29, 0.717) is 22.8 Å². The molecule has 31 heavy (non-hydrogen) atoms. The number of rotatable bonds is 5. The molecule has 0 aliphatic heterocycles. The van der Waals surface area contributed by atoms with Crippen molar-refractivity contribution in [2.75, 3.05) is 21.1 Å². The molecule has 0 fully saturated rings. The van der Waals surface area contributed by atoms with Crippen molar-refractivity contribution in [1.29, 1.82) is 0 Å². The molecule has 9 nitrogen and oxygen atoms in total. The summed E-state index contributed by atoms with van der Waals surface area (Å²) >= 11 is 0. The number of carbonyl (C=O) groups is 1. The normalized spacial score (nSPS) is 11.9. The van der Waals surface area contributed by atoms with Crippen LogP contribution in [-0.4, -0.2) is 49.2 Å². The van der Waals surface area contributed by atoms with E-state index in [2.05, 4.69) is 15.3 Å². The highest BCUT2D eigenvalue weighted by Gasteiger charge is 2.23. The molecule has 2 aromatic rings. The maximum absolute atomic E-state index is 12.1. The summed E-state index contributed by atoms with van der Waals surface area (Å²) in [4.78, 5) is 32.5. The largest absolute Gasteiger partial charge is 0.414 e. The molecule has 0 aromatic heterocycles. The summed E-state index contributed by atoms with van der Waals surface area (Å²) in [6.07, 6.45) is 1.05. The summed E-state index contributed by atoms with van der Waals surface area (Å²) in [5.41, 5.74) is 1.15. The summed E-state index contributed by atoms with van der Waals surface area (Å²) < 4.78 is 5.50. The van der Waals surface area contributed by atoms with Gasteiger partial charge in [-0.25, -0.2) is 9.79 Å². The Morgan fingerprint density at radius 1 is 1.19 bits per heavy atom. The first-order chi connectivity index (χ1) is 14.9. The lowest BCUT2D eigenvalue weighted by molar-refractivity contribution is -0.384. The van der Waals surface area contributed by atoms with Gasteiger partial charge in [-0.15, -0.1) is 0 Å². The molecule has 1 amide bonds. The number of hydrogen-bond donors (Lipinski definition) is 1. The minimum atomic E-state index is -0.594. The van der Waals surface area contributed by atoms with E-state index in [-0.39, 0.29) is 5.69 Å². The van der Waals surface area contributed by atoms with Gasteiger partial charge in [0.2, 0.25) is 5.96 Å². The number of nitro benzene ring substituents is 1. The van der Waals surface area contributed by atoms with Crippen molar-refractivity contribution in [2.24, 2.45) is 9.98 Å². The number of carbonyl (C=O) groups excluding carboxylic acids is 1. The number of benzene rings is 2. The van der Waals surface area contributed by atoms with Crippen molar-refractivity contribution < 1.29 is 14.5 Å². The Hall–Kier alpha value is -3.75. The molecule has 0 saturated carbocycles. The quantitative estimate of drug-likeness (QED) is 0.328. The molecule has 0 heterocycles. The summed E-state index contributed by atoms with van der Waals surface area (Å²) in [7, 11) is 4.75. The number of ether oxygens (including phenoxy) is 1. The number of nitro groups is 1. The van der Waals surface area contributed by atoms with Crippen molar-refractivity contribution in [3.05, 3.63) is 69.8 Å². The second-order valence-electron chi connectivity index (χ2n) is 6.16. The Morgan fingerprint density at radius 2 is 1.87 bits per heavy atom. The number of nitrogens with one attached hydrogen (secondary N) is 1. The maximum atomic E-state index is 12.1. The smallest absolute Gasteiger partial charge is 0.410 e. The van der Waals surface area contributed by atoms with Crippen molar-refractivity contribution in [3.63, 3.8) is 0 Å². The van der Waals surface area contributed by atoms with E-state index < -0.39 is 17.1 Å². The number of hydrogen-bond acceptors (Lipinski definition) is 5. The summed E-state index contributed by atoms with van der Waals surface area (Å²) in [6, 6.07) is 12.6. The molecule has 2 aromatic carbocycles. The molecule has 1 unspecified atom stereocenters. The van der Waals surface area contributed by atoms with Gasteiger partial charge in [-0.05, 0) is 18.6 Å². The van der Waals surface area contributed by atoms with Gasteiger partial charge in [-0.3, -0.25) is 15.1 Å². The standard InChI is InChI=1S/C20H23N5O4.C2H6/c1-5-22-19(21-2)23-18(14-9-8-10-15(13-14)25(27)28)16-11-6-7-12-17(16)29-20(26)24(3)4;1-2/h5-13,18H,1-4H3,(H,21,23);1-2H3/b22-5-;. The molecule has 0 bridgehead atoms. The second-order valence-corrected chi connectivity index (χ2v) is 6.16. The zero-order chi connectivity index (χ0) is 23.4. The molecule has 0 spiro atoms. The van der Waals surface area contributed by atoms with Crippen LogP contribution in [0.4, 0.5) is 10.5 Å². The van der Waals surface area contributed by atoms with Gasteiger partial charge in [0.05, 0.1) is 11.0 Å². The van der Waals surface area contributed by atoms with Gasteiger partial charge in [-0.2, -0.15) is 0 Å². The predicted octanol–water partition coefficient (Wildman–Crippen LogP) is 4.44. The predicted molar refractivity (Wildman–Crippen MR) is 123 cm³/mol. The van der Waals surface area contributed by atoms with Crippen LogP contribution in [0.3, 0.4) is 0 Å². The van der Waals surface area contributed by atoms with Crippen molar-refractivity contribution in [3.8, 4) is 5.75 Å². The molecule has 166 valence electrons. The van der Waals surface area contributed by atoms with Crippen molar-refractivity contribution in [2.45, 2.75) is 26.8 Å². The van der Waals surface area contributed by atoms with Crippen LogP contribution in [0.1, 0.15) is 37.9 Å². The average Bonchev–Trinajstić information content (AvgIpc) is 2.78. The molecule has 2 rings (SSSR count). The van der Waals surface area contributed by atoms with Gasteiger partial charge >= 0.3 is 6.09 Å². The lowest BCUT2D eigenvalue weighted by Crippen LogP contribution is -2.30. The molecular formula is C22H29N5O4. The Morgan fingerprint density at radius 3 is 2.45 bits per heavy atom. The highest BCUT2D eigenvalue weighted by molar-refractivity contribution is 5.87. The third-order valence-electron chi connectivity index (χ3n) is 3.94. The molecule has 0 aliphatic rings. The number of aliphatic imine (C=N–C) groups is 2. The van der Waals surface area contributed by atoms with E-state index in [9.17, 15) is 14.9 Å². The van der Waals surface area contributed by atoms with E-state index in [1.807, 2.05) is 13.8 Å². The fourth-order valence-electron chi connectivity index (χ4n) is 2.57. The number of nitrogens with zero attached hydrogens (tertiary/aromatic N) is 4. The number of guanidine groups is 1. The van der Waals surface area contributed by atoms with E-state index in [0.717, 1.165) is 0 Å². The topological polar surface area (TPSA) is 109 Å². The molecular weight excluding hydrogens is 398 g/mol. The lowest BCUT2D eigenvalue weighted by atomic mass is 9.97. The summed E-state index contributed by atoms with van der Waals surface area (Å²) in [5.74, 6) is 0.656. The Bertz CT molecular complexity index is 941.